The number of carbonyl (C=O) groups is 3. The maximum Gasteiger partial charge on any atom is 0.233 e. The van der Waals surface area contributed by atoms with E-state index in [4.69, 9.17) is 0 Å². The summed E-state index contributed by atoms with van der Waals surface area (Å²) in [5, 5.41) is 2.73. The molecule has 3 rings (SSSR count). The maximum atomic E-state index is 12.2. The highest BCUT2D eigenvalue weighted by Gasteiger charge is 2.51. The molecule has 2 heterocycles. The number of rotatable bonds is 1. The molecule has 3 unspecified atom stereocenters. The van der Waals surface area contributed by atoms with Crippen molar-refractivity contribution in [1.82, 2.24) is 10.2 Å². The second-order valence-electron chi connectivity index (χ2n) is 5.19. The molecule has 2 aliphatic heterocycles. The largest absolute Gasteiger partial charge is 0.354 e. The van der Waals surface area contributed by atoms with Crippen LogP contribution in [0.25, 0.3) is 0 Å². The minimum atomic E-state index is -0.113. The van der Waals surface area contributed by atoms with E-state index >= 15 is 0 Å². The van der Waals surface area contributed by atoms with Crippen LogP contribution in [0.1, 0.15) is 32.1 Å². The van der Waals surface area contributed by atoms with Gasteiger partial charge in [-0.2, -0.15) is 0 Å². The van der Waals surface area contributed by atoms with E-state index in [0.717, 1.165) is 19.3 Å². The van der Waals surface area contributed by atoms with Crippen LogP contribution < -0.4 is 5.32 Å². The molecule has 5 heteroatoms. The number of piperidine rings is 1. The van der Waals surface area contributed by atoms with E-state index in [9.17, 15) is 14.4 Å². The third-order valence-corrected chi connectivity index (χ3v) is 4.23. The first kappa shape index (κ1) is 10.7. The second kappa shape index (κ2) is 3.82. The van der Waals surface area contributed by atoms with Crippen LogP contribution in [-0.4, -0.2) is 35.2 Å². The molecule has 3 fully saturated rings. The van der Waals surface area contributed by atoms with Gasteiger partial charge in [0.1, 0.15) is 0 Å². The van der Waals surface area contributed by atoms with Crippen LogP contribution in [0.15, 0.2) is 0 Å². The number of hydrogen-bond donors (Lipinski definition) is 1. The summed E-state index contributed by atoms with van der Waals surface area (Å²) < 4.78 is 0. The van der Waals surface area contributed by atoms with Crippen molar-refractivity contribution in [2.75, 3.05) is 6.54 Å². The highest BCUT2D eigenvalue weighted by Crippen LogP contribution is 2.40. The van der Waals surface area contributed by atoms with Crippen molar-refractivity contribution in [3.63, 3.8) is 0 Å². The van der Waals surface area contributed by atoms with Gasteiger partial charge < -0.3 is 5.32 Å². The molecule has 0 spiro atoms. The minimum Gasteiger partial charge on any atom is -0.354 e. The Balaban J connectivity index is 1.77. The molecular weight excluding hydrogens is 220 g/mol. The molecule has 3 amide bonds. The lowest BCUT2D eigenvalue weighted by molar-refractivity contribution is -0.145. The zero-order chi connectivity index (χ0) is 12.0. The second-order valence-corrected chi connectivity index (χ2v) is 5.19. The molecule has 1 N–H and O–H groups in total. The van der Waals surface area contributed by atoms with E-state index in [2.05, 4.69) is 5.32 Å². The summed E-state index contributed by atoms with van der Waals surface area (Å²) in [6.45, 7) is 0.426. The van der Waals surface area contributed by atoms with E-state index < -0.39 is 0 Å². The Hall–Kier alpha value is -1.39. The van der Waals surface area contributed by atoms with E-state index in [0.29, 0.717) is 19.4 Å². The Morgan fingerprint density at radius 3 is 2.18 bits per heavy atom. The van der Waals surface area contributed by atoms with Gasteiger partial charge in [-0.15, -0.1) is 0 Å². The number of nitrogens with zero attached hydrogens (tertiary/aromatic N) is 1. The highest BCUT2D eigenvalue weighted by atomic mass is 16.2. The standard InChI is InChI=1S/C12H16N2O3/c15-10-5-4-7(6-13-10)14-11(16)8-2-1-3-9(8)12(14)17/h7-9H,1-6H2,(H,13,15). The lowest BCUT2D eigenvalue weighted by atomic mass is 10.00. The fourth-order valence-electron chi connectivity index (χ4n) is 3.32. The molecule has 5 nitrogen and oxygen atoms in total. The zero-order valence-corrected chi connectivity index (χ0v) is 9.65. The van der Waals surface area contributed by atoms with E-state index in [1.165, 1.54) is 4.90 Å². The number of hydrogen-bond acceptors (Lipinski definition) is 3. The SMILES string of the molecule is O=C1CCC(N2C(=O)C3CCCC3C2=O)CN1. The summed E-state index contributed by atoms with van der Waals surface area (Å²) in [4.78, 5) is 36.9. The first-order valence-corrected chi connectivity index (χ1v) is 6.32. The maximum absolute atomic E-state index is 12.2. The molecule has 0 aromatic carbocycles. The Kier molecular flexibility index (Phi) is 2.42. The molecular formula is C12H16N2O3. The molecule has 1 saturated carbocycles. The number of carbonyl (C=O) groups excluding carboxylic acids is 3. The van der Waals surface area contributed by atoms with Crippen molar-refractivity contribution in [1.29, 1.82) is 0 Å². The summed E-state index contributed by atoms with van der Waals surface area (Å²) in [6.07, 6.45) is 3.72. The lowest BCUT2D eigenvalue weighted by Crippen LogP contribution is -2.50. The zero-order valence-electron chi connectivity index (χ0n) is 9.65. The number of amides is 3. The van der Waals surface area contributed by atoms with Crippen LogP contribution >= 0.6 is 0 Å². The molecule has 0 aromatic heterocycles. The third-order valence-electron chi connectivity index (χ3n) is 4.23. The summed E-state index contributed by atoms with van der Waals surface area (Å²) >= 11 is 0. The van der Waals surface area contributed by atoms with Gasteiger partial charge in [-0.1, -0.05) is 6.42 Å². The molecule has 1 aliphatic carbocycles. The average molecular weight is 236 g/mol. The van der Waals surface area contributed by atoms with E-state index in [1.807, 2.05) is 0 Å². The molecule has 3 atom stereocenters. The first-order valence-electron chi connectivity index (χ1n) is 6.32. The van der Waals surface area contributed by atoms with Crippen molar-refractivity contribution in [2.24, 2.45) is 11.8 Å². The van der Waals surface area contributed by atoms with Crippen LogP contribution in [0.2, 0.25) is 0 Å². The predicted molar refractivity (Wildman–Crippen MR) is 58.7 cm³/mol. The molecule has 17 heavy (non-hydrogen) atoms. The number of imide groups is 1. The van der Waals surface area contributed by atoms with Crippen LogP contribution in [0.3, 0.4) is 0 Å². The lowest BCUT2D eigenvalue weighted by Gasteiger charge is -2.30. The molecule has 92 valence electrons. The summed E-state index contributed by atoms with van der Waals surface area (Å²) in [6, 6.07) is -0.113. The van der Waals surface area contributed by atoms with Gasteiger partial charge in [0.15, 0.2) is 0 Å². The van der Waals surface area contributed by atoms with Crippen molar-refractivity contribution in [2.45, 2.75) is 38.1 Å². The Bertz CT molecular complexity index is 361. The molecule has 0 aromatic rings. The number of nitrogens with one attached hydrogen (secondary N) is 1. The normalized spacial score (nSPS) is 37.3. The van der Waals surface area contributed by atoms with E-state index in [-0.39, 0.29) is 35.6 Å². The van der Waals surface area contributed by atoms with Gasteiger partial charge in [0.25, 0.3) is 0 Å². The predicted octanol–water partition coefficient (Wildman–Crippen LogP) is 0.0501. The van der Waals surface area contributed by atoms with Crippen LogP contribution in [0.5, 0.6) is 0 Å². The van der Waals surface area contributed by atoms with Gasteiger partial charge in [-0.05, 0) is 19.3 Å². The Labute approximate surface area is 99.5 Å². The van der Waals surface area contributed by atoms with Gasteiger partial charge in [-0.25, -0.2) is 0 Å². The van der Waals surface area contributed by atoms with Crippen LogP contribution in [0, 0.1) is 11.8 Å². The number of fused-ring (bicyclic) bond motifs is 1. The average Bonchev–Trinajstić information content (AvgIpc) is 2.87. The molecule has 0 bridgehead atoms. The van der Waals surface area contributed by atoms with Crippen LogP contribution in [-0.2, 0) is 14.4 Å². The number of likely N-dealkylation sites (tertiary alicyclic amines) is 1. The fourth-order valence-corrected chi connectivity index (χ4v) is 3.32. The van der Waals surface area contributed by atoms with Crippen molar-refractivity contribution in [3.05, 3.63) is 0 Å². The Morgan fingerprint density at radius 2 is 1.65 bits per heavy atom. The minimum absolute atomic E-state index is 0.00125. The molecule has 2 saturated heterocycles. The molecule has 3 aliphatic rings. The van der Waals surface area contributed by atoms with Gasteiger partial charge >= 0.3 is 0 Å². The van der Waals surface area contributed by atoms with Gasteiger partial charge in [0.05, 0.1) is 17.9 Å². The topological polar surface area (TPSA) is 66.5 Å². The summed E-state index contributed by atoms with van der Waals surface area (Å²) in [5.41, 5.74) is 0. The Morgan fingerprint density at radius 1 is 1.00 bits per heavy atom. The van der Waals surface area contributed by atoms with Gasteiger partial charge in [-0.3, -0.25) is 19.3 Å². The monoisotopic (exact) mass is 236 g/mol. The smallest absolute Gasteiger partial charge is 0.233 e. The first-order chi connectivity index (χ1) is 8.18. The van der Waals surface area contributed by atoms with Crippen LogP contribution in [0.4, 0.5) is 0 Å². The van der Waals surface area contributed by atoms with Crippen molar-refractivity contribution in [3.8, 4) is 0 Å². The quantitative estimate of drug-likeness (QED) is 0.654. The third kappa shape index (κ3) is 1.56. The van der Waals surface area contributed by atoms with Gasteiger partial charge in [0.2, 0.25) is 17.7 Å². The summed E-state index contributed by atoms with van der Waals surface area (Å²) in [5.74, 6) is -0.127. The van der Waals surface area contributed by atoms with Crippen molar-refractivity contribution >= 4 is 17.7 Å². The highest BCUT2D eigenvalue weighted by molar-refractivity contribution is 6.05. The summed E-state index contributed by atoms with van der Waals surface area (Å²) in [7, 11) is 0. The van der Waals surface area contributed by atoms with Crippen molar-refractivity contribution < 1.29 is 14.4 Å². The fraction of sp³-hybridized carbons (Fsp3) is 0.750. The van der Waals surface area contributed by atoms with Gasteiger partial charge in [0, 0.05) is 13.0 Å². The van der Waals surface area contributed by atoms with E-state index in [1.54, 1.807) is 0 Å². The molecule has 0 radical (unpaired) electrons.